The molecule has 0 amide bonds. The van der Waals surface area contributed by atoms with Gasteiger partial charge in [-0.15, -0.1) is 0 Å². The Morgan fingerprint density at radius 2 is 0.675 bits per heavy atom. The minimum atomic E-state index is -4.40. The molecule has 0 aromatic heterocycles. The molecule has 440 valence electrons. The van der Waals surface area contributed by atoms with Crippen molar-refractivity contribution >= 4 is 19.8 Å². The lowest BCUT2D eigenvalue weighted by atomic mass is 10.0. The van der Waals surface area contributed by atoms with Crippen LogP contribution in [0.15, 0.2) is 122 Å². The predicted molar refractivity (Wildman–Crippen MR) is 330 cm³/mol. The molecule has 2 atom stereocenters. The van der Waals surface area contributed by atoms with E-state index in [1.54, 1.807) is 0 Å². The first-order valence-electron chi connectivity index (χ1n) is 31.0. The topological polar surface area (TPSA) is 134 Å². The molecule has 3 N–H and O–H groups in total. The van der Waals surface area contributed by atoms with E-state index in [0.717, 1.165) is 122 Å². The van der Waals surface area contributed by atoms with E-state index in [0.29, 0.717) is 12.8 Å². The molecule has 77 heavy (non-hydrogen) atoms. The van der Waals surface area contributed by atoms with Gasteiger partial charge in [0.1, 0.15) is 6.61 Å². The predicted octanol–water partition coefficient (Wildman–Crippen LogP) is 20.0. The molecule has 0 heterocycles. The molecule has 2 unspecified atom stereocenters. The van der Waals surface area contributed by atoms with Crippen LogP contribution in [0.1, 0.15) is 258 Å². The van der Waals surface area contributed by atoms with E-state index in [2.05, 4.69) is 135 Å². The normalized spacial score (nSPS) is 13.9. The van der Waals surface area contributed by atoms with Crippen molar-refractivity contribution in [3.05, 3.63) is 122 Å². The number of carbonyl (C=O) groups is 2. The van der Waals surface area contributed by atoms with Crippen LogP contribution in [0.3, 0.4) is 0 Å². The quantitative estimate of drug-likeness (QED) is 0.0264. The van der Waals surface area contributed by atoms with E-state index in [-0.39, 0.29) is 32.6 Å². The van der Waals surface area contributed by atoms with Crippen molar-refractivity contribution in [1.82, 2.24) is 0 Å². The van der Waals surface area contributed by atoms with Gasteiger partial charge in [-0.1, -0.05) is 264 Å². The van der Waals surface area contributed by atoms with Gasteiger partial charge in [-0.2, -0.15) is 0 Å². The van der Waals surface area contributed by atoms with Crippen LogP contribution in [0.4, 0.5) is 0 Å². The molecule has 0 aliphatic heterocycles. The number of unbranched alkanes of at least 4 members (excludes halogenated alkanes) is 24. The fraction of sp³-hybridized carbons (Fsp3) is 0.672. The first-order valence-corrected chi connectivity index (χ1v) is 32.5. The van der Waals surface area contributed by atoms with Crippen molar-refractivity contribution in [1.29, 1.82) is 0 Å². The van der Waals surface area contributed by atoms with Gasteiger partial charge in [-0.3, -0.25) is 18.6 Å². The summed E-state index contributed by atoms with van der Waals surface area (Å²) in [6.07, 6.45) is 85.6. The molecular formula is C67H114NO8P. The van der Waals surface area contributed by atoms with Crippen LogP contribution < -0.4 is 5.73 Å². The van der Waals surface area contributed by atoms with Gasteiger partial charge in [-0.25, -0.2) is 4.57 Å². The van der Waals surface area contributed by atoms with Crippen molar-refractivity contribution in [2.24, 2.45) is 5.73 Å². The smallest absolute Gasteiger partial charge is 0.462 e. The van der Waals surface area contributed by atoms with E-state index >= 15 is 0 Å². The summed E-state index contributed by atoms with van der Waals surface area (Å²) < 4.78 is 33.1. The van der Waals surface area contributed by atoms with Gasteiger partial charge in [0.2, 0.25) is 0 Å². The van der Waals surface area contributed by atoms with Crippen LogP contribution in [0.25, 0.3) is 0 Å². The Balaban J connectivity index is 3.90. The summed E-state index contributed by atoms with van der Waals surface area (Å²) in [5, 5.41) is 0. The molecule has 0 fully saturated rings. The van der Waals surface area contributed by atoms with Crippen LogP contribution in [0, 0.1) is 0 Å². The summed E-state index contributed by atoms with van der Waals surface area (Å²) in [7, 11) is -4.40. The van der Waals surface area contributed by atoms with Crippen LogP contribution in [0.5, 0.6) is 0 Å². The number of phosphoric acid groups is 1. The second-order valence-electron chi connectivity index (χ2n) is 20.2. The number of nitrogens with two attached hydrogens (primary N) is 1. The maximum atomic E-state index is 12.7. The summed E-state index contributed by atoms with van der Waals surface area (Å²) in [5.41, 5.74) is 5.38. The first-order chi connectivity index (χ1) is 37.8. The number of ether oxygens (including phenoxy) is 2. The van der Waals surface area contributed by atoms with Crippen LogP contribution in [-0.4, -0.2) is 49.3 Å². The third kappa shape index (κ3) is 61.5. The zero-order chi connectivity index (χ0) is 55.9. The van der Waals surface area contributed by atoms with Gasteiger partial charge in [0.05, 0.1) is 13.2 Å². The standard InChI is InChI=1S/C67H114NO8P/c1-3-5-7-9-11-13-15-17-19-21-23-24-25-26-27-28-29-30-31-32-33-34-35-36-37-38-39-40-42-44-46-48-50-52-54-56-58-60-67(70)76-65(64-75-77(71,72)74-62-61-68)63-73-66(69)59-57-55-53-51-49-47-45-43-41-22-20-18-16-14-12-10-8-6-4-2/h5-8,11-14,17-20,23-24,26-27,29-30,41,43,65H,3-4,9-10,15-16,21-22,25,28,31-40,42,44-64,68H2,1-2H3,(H,71,72)/b7-5-,8-6-,13-11-,14-12-,19-17-,20-18-,24-23-,27-26-,30-29-,43-41-. The zero-order valence-electron chi connectivity index (χ0n) is 49.2. The highest BCUT2D eigenvalue weighted by molar-refractivity contribution is 7.47. The fourth-order valence-corrected chi connectivity index (χ4v) is 9.10. The van der Waals surface area contributed by atoms with Gasteiger partial charge in [-0.05, 0) is 103 Å². The Labute approximate surface area is 472 Å². The van der Waals surface area contributed by atoms with E-state index in [1.807, 2.05) is 0 Å². The summed E-state index contributed by atoms with van der Waals surface area (Å²) in [4.78, 5) is 35.2. The SMILES string of the molecule is CC/C=C\C/C=C\C/C=C\C/C=C\C/C=C\C/C=C\CCCCCCCCCCCCCCCCCCCCC(=O)OC(COC(=O)CCCCCCCC/C=C\C/C=C\C/C=C\C/C=C\CC)COP(=O)(O)OCCN. The highest BCUT2D eigenvalue weighted by atomic mass is 31.2. The first kappa shape index (κ1) is 73.4. The maximum absolute atomic E-state index is 12.7. The summed E-state index contributed by atoms with van der Waals surface area (Å²) in [6, 6.07) is 0. The molecule has 0 bridgehead atoms. The fourth-order valence-electron chi connectivity index (χ4n) is 8.34. The minimum absolute atomic E-state index is 0.0469. The number of rotatable bonds is 57. The van der Waals surface area contributed by atoms with Crippen molar-refractivity contribution in [3.8, 4) is 0 Å². The summed E-state index contributed by atoms with van der Waals surface area (Å²) in [6.45, 7) is 3.51. The minimum Gasteiger partial charge on any atom is -0.462 e. The molecule has 0 aromatic carbocycles. The molecule has 0 radical (unpaired) electrons. The van der Waals surface area contributed by atoms with Crippen molar-refractivity contribution in [2.75, 3.05) is 26.4 Å². The largest absolute Gasteiger partial charge is 0.472 e. The van der Waals surface area contributed by atoms with Crippen LogP contribution in [-0.2, 0) is 32.7 Å². The zero-order valence-corrected chi connectivity index (χ0v) is 50.0. The molecule has 0 rings (SSSR count). The van der Waals surface area contributed by atoms with Gasteiger partial charge in [0.15, 0.2) is 6.10 Å². The highest BCUT2D eigenvalue weighted by Crippen LogP contribution is 2.43. The number of hydrogen-bond acceptors (Lipinski definition) is 8. The van der Waals surface area contributed by atoms with E-state index in [9.17, 15) is 19.0 Å². The molecule has 10 heteroatoms. The Morgan fingerprint density at radius 3 is 1.00 bits per heavy atom. The molecule has 0 aliphatic carbocycles. The summed E-state index contributed by atoms with van der Waals surface area (Å²) in [5.74, 6) is -0.844. The van der Waals surface area contributed by atoms with E-state index in [4.69, 9.17) is 24.3 Å². The Hall–Kier alpha value is -3.59. The Kier molecular flexibility index (Phi) is 58.7. The molecular weight excluding hydrogens is 978 g/mol. The average Bonchev–Trinajstić information content (AvgIpc) is 3.42. The molecule has 0 aromatic rings. The van der Waals surface area contributed by atoms with Crippen molar-refractivity contribution in [2.45, 2.75) is 264 Å². The van der Waals surface area contributed by atoms with Gasteiger partial charge < -0.3 is 20.1 Å². The lowest BCUT2D eigenvalue weighted by Gasteiger charge is -2.19. The molecule has 0 spiro atoms. The molecule has 0 saturated heterocycles. The monoisotopic (exact) mass is 1090 g/mol. The van der Waals surface area contributed by atoms with Crippen LogP contribution >= 0.6 is 7.82 Å². The number of esters is 2. The molecule has 9 nitrogen and oxygen atoms in total. The number of carbonyl (C=O) groups excluding carboxylic acids is 2. The number of allylic oxidation sites excluding steroid dienone is 20. The molecule has 0 saturated carbocycles. The second-order valence-corrected chi connectivity index (χ2v) is 21.6. The number of phosphoric ester groups is 1. The Bertz CT molecular complexity index is 1670. The van der Waals surface area contributed by atoms with Crippen molar-refractivity contribution in [3.63, 3.8) is 0 Å². The maximum Gasteiger partial charge on any atom is 0.472 e. The lowest BCUT2D eigenvalue weighted by Crippen LogP contribution is -2.29. The van der Waals surface area contributed by atoms with Gasteiger partial charge >= 0.3 is 19.8 Å². The van der Waals surface area contributed by atoms with Crippen molar-refractivity contribution < 1.29 is 37.6 Å². The Morgan fingerprint density at radius 1 is 0.390 bits per heavy atom. The third-order valence-electron chi connectivity index (χ3n) is 12.8. The second kappa shape index (κ2) is 61.6. The lowest BCUT2D eigenvalue weighted by molar-refractivity contribution is -0.161. The molecule has 0 aliphatic rings. The van der Waals surface area contributed by atoms with Gasteiger partial charge in [0.25, 0.3) is 0 Å². The number of hydrogen-bond donors (Lipinski definition) is 2. The third-order valence-corrected chi connectivity index (χ3v) is 13.8. The van der Waals surface area contributed by atoms with Gasteiger partial charge in [0, 0.05) is 19.4 Å². The van der Waals surface area contributed by atoms with Crippen LogP contribution in [0.2, 0.25) is 0 Å². The van der Waals surface area contributed by atoms with E-state index in [1.165, 1.54) is 96.3 Å². The highest BCUT2D eigenvalue weighted by Gasteiger charge is 2.26. The summed E-state index contributed by atoms with van der Waals surface area (Å²) >= 11 is 0. The van der Waals surface area contributed by atoms with E-state index < -0.39 is 32.5 Å². The average molecular weight is 1090 g/mol.